The van der Waals surface area contributed by atoms with Crippen molar-refractivity contribution in [1.29, 1.82) is 0 Å². The first-order chi connectivity index (χ1) is 10.5. The highest BCUT2D eigenvalue weighted by Gasteiger charge is 2.17. The van der Waals surface area contributed by atoms with Crippen LogP contribution in [0.2, 0.25) is 0 Å². The molecule has 0 saturated carbocycles. The molecule has 0 aliphatic heterocycles. The Kier molecular flexibility index (Phi) is 5.60. The van der Waals surface area contributed by atoms with Crippen LogP contribution in [-0.4, -0.2) is 22.7 Å². The van der Waals surface area contributed by atoms with Crippen LogP contribution in [0.4, 0.5) is 4.39 Å². The largest absolute Gasteiger partial charge is 0.431 e. The minimum absolute atomic E-state index is 0.0415. The lowest BCUT2D eigenvalue weighted by atomic mass is 10.2. The highest BCUT2D eigenvalue weighted by molar-refractivity contribution is 8.00. The second kappa shape index (κ2) is 7.45. The Morgan fingerprint density at radius 3 is 2.64 bits per heavy atom. The van der Waals surface area contributed by atoms with E-state index in [9.17, 15) is 9.18 Å². The van der Waals surface area contributed by atoms with Gasteiger partial charge in [-0.05, 0) is 37.1 Å². The number of carbonyl (C=O) groups is 1. The van der Waals surface area contributed by atoms with Gasteiger partial charge in [0.2, 0.25) is 5.91 Å². The molecular weight excluding hydrogens is 303 g/mol. The summed E-state index contributed by atoms with van der Waals surface area (Å²) in [4.78, 5) is 16.1. The molecule has 1 amide bonds. The van der Waals surface area contributed by atoms with Gasteiger partial charge in [-0.1, -0.05) is 25.6 Å². The number of hydrogen-bond acceptors (Lipinski definition) is 4. The molecule has 4 nitrogen and oxygen atoms in total. The Labute approximate surface area is 133 Å². The van der Waals surface area contributed by atoms with Crippen molar-refractivity contribution in [2.45, 2.75) is 31.2 Å². The number of oxazole rings is 1. The second-order valence-electron chi connectivity index (χ2n) is 5.40. The van der Waals surface area contributed by atoms with E-state index >= 15 is 0 Å². The Morgan fingerprint density at radius 1 is 1.32 bits per heavy atom. The van der Waals surface area contributed by atoms with Gasteiger partial charge in [0.1, 0.15) is 5.82 Å². The lowest BCUT2D eigenvalue weighted by Crippen LogP contribution is -2.33. The van der Waals surface area contributed by atoms with Crippen LogP contribution in [0.25, 0.3) is 11.3 Å². The Bertz CT molecular complexity index is 625. The van der Waals surface area contributed by atoms with Crippen LogP contribution in [0.5, 0.6) is 0 Å². The highest BCUT2D eigenvalue weighted by Crippen LogP contribution is 2.28. The number of halogens is 1. The van der Waals surface area contributed by atoms with E-state index in [1.807, 2.05) is 20.8 Å². The van der Waals surface area contributed by atoms with Gasteiger partial charge in [0.15, 0.2) is 5.76 Å². The summed E-state index contributed by atoms with van der Waals surface area (Å²) in [7, 11) is 0. The quantitative estimate of drug-likeness (QED) is 0.823. The van der Waals surface area contributed by atoms with Crippen LogP contribution in [0, 0.1) is 11.7 Å². The fraction of sp³-hybridized carbons (Fsp3) is 0.375. The van der Waals surface area contributed by atoms with E-state index in [1.54, 1.807) is 18.3 Å². The van der Waals surface area contributed by atoms with Crippen molar-refractivity contribution in [3.8, 4) is 11.3 Å². The van der Waals surface area contributed by atoms with Gasteiger partial charge in [0, 0.05) is 12.1 Å². The molecule has 0 aliphatic carbocycles. The molecule has 1 atom stereocenters. The summed E-state index contributed by atoms with van der Waals surface area (Å²) in [5.41, 5.74) is 0.748. The topological polar surface area (TPSA) is 55.1 Å². The van der Waals surface area contributed by atoms with Crippen LogP contribution < -0.4 is 5.32 Å². The lowest BCUT2D eigenvalue weighted by molar-refractivity contribution is -0.120. The molecule has 0 fully saturated rings. The summed E-state index contributed by atoms with van der Waals surface area (Å²) in [5.74, 6) is 0.624. The molecule has 0 unspecified atom stereocenters. The Morgan fingerprint density at radius 2 is 2.00 bits per heavy atom. The van der Waals surface area contributed by atoms with E-state index in [0.29, 0.717) is 23.4 Å². The molecule has 0 spiro atoms. The summed E-state index contributed by atoms with van der Waals surface area (Å²) < 4.78 is 18.5. The van der Waals surface area contributed by atoms with Gasteiger partial charge in [0.05, 0.1) is 11.4 Å². The Hall–Kier alpha value is -1.82. The molecule has 0 aliphatic rings. The van der Waals surface area contributed by atoms with E-state index in [1.165, 1.54) is 23.9 Å². The van der Waals surface area contributed by atoms with E-state index in [-0.39, 0.29) is 17.0 Å². The van der Waals surface area contributed by atoms with Gasteiger partial charge in [-0.15, -0.1) is 0 Å². The first-order valence-electron chi connectivity index (χ1n) is 7.12. The zero-order valence-electron chi connectivity index (χ0n) is 12.8. The predicted molar refractivity (Wildman–Crippen MR) is 85.1 cm³/mol. The molecule has 1 N–H and O–H groups in total. The fourth-order valence-electron chi connectivity index (χ4n) is 1.71. The van der Waals surface area contributed by atoms with Crippen molar-refractivity contribution in [2.75, 3.05) is 6.54 Å². The number of aromatic nitrogens is 1. The SMILES string of the molecule is CC(C)CNC(=O)[C@H](C)Sc1ncc(-c2ccc(F)cc2)o1. The van der Waals surface area contributed by atoms with Gasteiger partial charge < -0.3 is 9.73 Å². The molecule has 0 radical (unpaired) electrons. The number of thioether (sulfide) groups is 1. The van der Waals surface area contributed by atoms with Crippen LogP contribution in [-0.2, 0) is 4.79 Å². The standard InChI is InChI=1S/C16H19FN2O2S/c1-10(2)8-18-15(20)11(3)22-16-19-9-14(21-16)12-4-6-13(17)7-5-12/h4-7,9-11H,8H2,1-3H3,(H,18,20)/t11-/m0/s1. The van der Waals surface area contributed by atoms with Crippen molar-refractivity contribution in [3.63, 3.8) is 0 Å². The molecule has 1 aromatic heterocycles. The van der Waals surface area contributed by atoms with E-state index in [4.69, 9.17) is 4.42 Å². The molecule has 118 valence electrons. The molecule has 1 heterocycles. The van der Waals surface area contributed by atoms with Gasteiger partial charge in [-0.2, -0.15) is 0 Å². The average molecular weight is 322 g/mol. The maximum Gasteiger partial charge on any atom is 0.256 e. The van der Waals surface area contributed by atoms with Crippen LogP contribution in [0.1, 0.15) is 20.8 Å². The molecule has 0 bridgehead atoms. The molecule has 6 heteroatoms. The van der Waals surface area contributed by atoms with E-state index in [2.05, 4.69) is 10.3 Å². The smallest absolute Gasteiger partial charge is 0.256 e. The van der Waals surface area contributed by atoms with Crippen molar-refractivity contribution < 1.29 is 13.6 Å². The normalized spacial score (nSPS) is 12.4. The summed E-state index contributed by atoms with van der Waals surface area (Å²) in [5, 5.41) is 3.01. The summed E-state index contributed by atoms with van der Waals surface area (Å²) in [6.45, 7) is 6.54. The second-order valence-corrected chi connectivity index (χ2v) is 6.69. The van der Waals surface area contributed by atoms with Gasteiger partial charge in [-0.25, -0.2) is 9.37 Å². The Balaban J connectivity index is 1.96. The average Bonchev–Trinajstić information content (AvgIpc) is 2.93. The summed E-state index contributed by atoms with van der Waals surface area (Å²) in [6.07, 6.45) is 1.58. The summed E-state index contributed by atoms with van der Waals surface area (Å²) >= 11 is 1.26. The van der Waals surface area contributed by atoms with E-state index < -0.39 is 0 Å². The minimum Gasteiger partial charge on any atom is -0.431 e. The molecule has 22 heavy (non-hydrogen) atoms. The number of carbonyl (C=O) groups excluding carboxylic acids is 1. The van der Waals surface area contributed by atoms with E-state index in [0.717, 1.165) is 5.56 Å². The third-order valence-electron chi connectivity index (χ3n) is 2.94. The molecule has 2 aromatic rings. The zero-order valence-corrected chi connectivity index (χ0v) is 13.6. The van der Waals surface area contributed by atoms with Gasteiger partial charge in [-0.3, -0.25) is 4.79 Å². The van der Waals surface area contributed by atoms with Crippen molar-refractivity contribution in [3.05, 3.63) is 36.3 Å². The maximum atomic E-state index is 12.9. The zero-order chi connectivity index (χ0) is 16.1. The fourth-order valence-corrected chi connectivity index (χ4v) is 2.46. The molecule has 2 rings (SSSR count). The van der Waals surface area contributed by atoms with Crippen LogP contribution in [0.15, 0.2) is 40.1 Å². The molecular formula is C16H19FN2O2S. The van der Waals surface area contributed by atoms with Gasteiger partial charge in [0.25, 0.3) is 5.22 Å². The minimum atomic E-state index is -0.298. The number of hydrogen-bond donors (Lipinski definition) is 1. The van der Waals surface area contributed by atoms with Crippen LogP contribution in [0.3, 0.4) is 0 Å². The molecule has 0 saturated heterocycles. The number of nitrogens with one attached hydrogen (secondary N) is 1. The number of nitrogens with zero attached hydrogens (tertiary/aromatic N) is 1. The lowest BCUT2D eigenvalue weighted by Gasteiger charge is -2.11. The number of benzene rings is 1. The third kappa shape index (κ3) is 4.59. The maximum absolute atomic E-state index is 12.9. The van der Waals surface area contributed by atoms with Crippen LogP contribution >= 0.6 is 11.8 Å². The van der Waals surface area contributed by atoms with Crippen molar-refractivity contribution in [2.24, 2.45) is 5.92 Å². The number of amides is 1. The monoisotopic (exact) mass is 322 g/mol. The first kappa shape index (κ1) is 16.5. The third-order valence-corrected chi connectivity index (χ3v) is 3.90. The molecule has 1 aromatic carbocycles. The first-order valence-corrected chi connectivity index (χ1v) is 8.00. The highest BCUT2D eigenvalue weighted by atomic mass is 32.2. The number of rotatable bonds is 6. The van der Waals surface area contributed by atoms with Crippen molar-refractivity contribution in [1.82, 2.24) is 10.3 Å². The van der Waals surface area contributed by atoms with Crippen molar-refractivity contribution >= 4 is 17.7 Å². The van der Waals surface area contributed by atoms with Gasteiger partial charge >= 0.3 is 0 Å². The predicted octanol–water partition coefficient (Wildman–Crippen LogP) is 3.73. The summed E-state index contributed by atoms with van der Waals surface area (Å²) in [6, 6.07) is 5.99.